The molecule has 1 heterocycles. The maximum atomic E-state index is 6.04. The Bertz CT molecular complexity index is 879. The zero-order valence-corrected chi connectivity index (χ0v) is 13.5. The third-order valence-electron chi connectivity index (χ3n) is 4.76. The summed E-state index contributed by atoms with van der Waals surface area (Å²) in [4.78, 5) is 0. The molecule has 0 aliphatic heterocycles. The van der Waals surface area contributed by atoms with Gasteiger partial charge in [0, 0.05) is 10.8 Å². The van der Waals surface area contributed by atoms with Gasteiger partial charge in [-0.25, -0.2) is 0 Å². The molecule has 0 amide bonds. The number of hydrogen-bond donors (Lipinski definition) is 0. The van der Waals surface area contributed by atoms with Gasteiger partial charge >= 0.3 is 0 Å². The lowest BCUT2D eigenvalue weighted by Crippen LogP contribution is -2.18. The van der Waals surface area contributed by atoms with E-state index in [0.29, 0.717) is 0 Å². The predicted octanol–water partition coefficient (Wildman–Crippen LogP) is 6.43. The van der Waals surface area contributed by atoms with Gasteiger partial charge in [0.1, 0.15) is 11.2 Å². The molecular weight excluding hydrogens is 268 g/mol. The topological polar surface area (TPSA) is 13.1 Å². The van der Waals surface area contributed by atoms with Crippen LogP contribution < -0.4 is 0 Å². The second kappa shape index (κ2) is 4.74. The van der Waals surface area contributed by atoms with Gasteiger partial charge in [-0.15, -0.1) is 0 Å². The molecule has 1 aliphatic rings. The van der Waals surface area contributed by atoms with Crippen molar-refractivity contribution in [1.82, 2.24) is 0 Å². The van der Waals surface area contributed by atoms with Crippen LogP contribution in [-0.2, 0) is 0 Å². The summed E-state index contributed by atoms with van der Waals surface area (Å²) in [5.74, 6) is 0.737. The molecule has 0 fully saturated rings. The smallest absolute Gasteiger partial charge is 0.136 e. The Balaban J connectivity index is 1.86. The minimum Gasteiger partial charge on any atom is -0.456 e. The van der Waals surface area contributed by atoms with E-state index < -0.39 is 0 Å². The van der Waals surface area contributed by atoms with Gasteiger partial charge in [0.15, 0.2) is 0 Å². The van der Waals surface area contributed by atoms with Crippen LogP contribution in [0, 0.1) is 11.3 Å². The van der Waals surface area contributed by atoms with Crippen molar-refractivity contribution in [1.29, 1.82) is 0 Å². The molecule has 22 heavy (non-hydrogen) atoms. The first-order valence-corrected chi connectivity index (χ1v) is 8.15. The van der Waals surface area contributed by atoms with E-state index in [9.17, 15) is 0 Å². The lowest BCUT2D eigenvalue weighted by molar-refractivity contribution is 0.337. The average Bonchev–Trinajstić information content (AvgIpc) is 2.82. The van der Waals surface area contributed by atoms with Crippen LogP contribution in [0.3, 0.4) is 0 Å². The Labute approximate surface area is 131 Å². The van der Waals surface area contributed by atoms with E-state index in [4.69, 9.17) is 4.42 Å². The number of allylic oxidation sites excluding steroid dienone is 2. The fraction of sp³-hybridized carbons (Fsp3) is 0.333. The van der Waals surface area contributed by atoms with Crippen molar-refractivity contribution in [2.45, 2.75) is 33.6 Å². The van der Waals surface area contributed by atoms with Crippen molar-refractivity contribution >= 4 is 27.5 Å². The molecule has 2 aromatic carbocycles. The monoisotopic (exact) mass is 290 g/mol. The molecule has 4 rings (SSSR count). The van der Waals surface area contributed by atoms with Crippen LogP contribution in [-0.4, -0.2) is 0 Å². The first-order chi connectivity index (χ1) is 10.5. The minimum atomic E-state index is 0.288. The molecule has 1 aliphatic carbocycles. The summed E-state index contributed by atoms with van der Waals surface area (Å²) in [7, 11) is 0. The second-order valence-electron chi connectivity index (χ2n) is 7.48. The van der Waals surface area contributed by atoms with Crippen LogP contribution >= 0.6 is 0 Å². The average molecular weight is 290 g/mol. The van der Waals surface area contributed by atoms with E-state index >= 15 is 0 Å². The lowest BCUT2D eigenvalue weighted by Gasteiger charge is -2.32. The molecule has 0 saturated heterocycles. The lowest BCUT2D eigenvalue weighted by atomic mass is 9.73. The van der Waals surface area contributed by atoms with Crippen molar-refractivity contribution in [2.75, 3.05) is 0 Å². The number of rotatable bonds is 1. The Morgan fingerprint density at radius 1 is 1.00 bits per heavy atom. The van der Waals surface area contributed by atoms with Gasteiger partial charge in [-0.2, -0.15) is 0 Å². The molecule has 0 bridgehead atoms. The van der Waals surface area contributed by atoms with Gasteiger partial charge in [0.2, 0.25) is 0 Å². The Hall–Kier alpha value is -2.02. The highest BCUT2D eigenvalue weighted by Gasteiger charge is 2.26. The Kier molecular flexibility index (Phi) is 2.94. The molecule has 1 heteroatoms. The highest BCUT2D eigenvalue weighted by molar-refractivity contribution is 6.05. The number of hydrogen-bond acceptors (Lipinski definition) is 1. The fourth-order valence-electron chi connectivity index (χ4n) is 4.06. The summed E-state index contributed by atoms with van der Waals surface area (Å²) in [6.07, 6.45) is 4.88. The zero-order valence-electron chi connectivity index (χ0n) is 13.5. The molecule has 1 nitrogen and oxygen atoms in total. The van der Waals surface area contributed by atoms with E-state index in [1.807, 2.05) is 12.1 Å². The third kappa shape index (κ3) is 2.25. The first-order valence-electron chi connectivity index (χ1n) is 8.15. The molecule has 0 spiro atoms. The second-order valence-corrected chi connectivity index (χ2v) is 7.48. The molecule has 0 N–H and O–H groups in total. The zero-order chi connectivity index (χ0) is 15.3. The van der Waals surface area contributed by atoms with Crippen LogP contribution in [0.15, 0.2) is 53.0 Å². The highest BCUT2D eigenvalue weighted by Crippen LogP contribution is 2.41. The molecule has 0 radical (unpaired) electrons. The van der Waals surface area contributed by atoms with E-state index in [-0.39, 0.29) is 5.41 Å². The van der Waals surface area contributed by atoms with Crippen LogP contribution in [0.25, 0.3) is 27.5 Å². The number of benzene rings is 2. The van der Waals surface area contributed by atoms with Gasteiger partial charge < -0.3 is 4.42 Å². The van der Waals surface area contributed by atoms with E-state index in [1.165, 1.54) is 28.3 Å². The van der Waals surface area contributed by atoms with Crippen molar-refractivity contribution in [3.05, 3.63) is 54.1 Å². The van der Waals surface area contributed by atoms with Crippen molar-refractivity contribution in [3.63, 3.8) is 0 Å². The van der Waals surface area contributed by atoms with Gasteiger partial charge in [-0.3, -0.25) is 0 Å². The van der Waals surface area contributed by atoms with Crippen molar-refractivity contribution in [3.8, 4) is 0 Å². The molecule has 1 aromatic heterocycles. The quantitative estimate of drug-likeness (QED) is 0.503. The normalized spacial score (nSPS) is 21.2. The van der Waals surface area contributed by atoms with E-state index in [2.05, 4.69) is 57.2 Å². The third-order valence-corrected chi connectivity index (χ3v) is 4.76. The number of para-hydroxylation sites is 1. The molecular formula is C21H22O. The van der Waals surface area contributed by atoms with Gasteiger partial charge in [-0.05, 0) is 53.5 Å². The summed E-state index contributed by atoms with van der Waals surface area (Å²) in [5, 5.41) is 2.42. The first kappa shape index (κ1) is 13.6. The predicted molar refractivity (Wildman–Crippen MR) is 93.9 cm³/mol. The maximum Gasteiger partial charge on any atom is 0.136 e. The van der Waals surface area contributed by atoms with E-state index in [0.717, 1.165) is 23.5 Å². The molecule has 0 saturated carbocycles. The highest BCUT2D eigenvalue weighted by atomic mass is 16.3. The maximum absolute atomic E-state index is 6.04. The molecule has 1 unspecified atom stereocenters. The van der Waals surface area contributed by atoms with E-state index in [1.54, 1.807) is 0 Å². The van der Waals surface area contributed by atoms with Crippen molar-refractivity contribution < 1.29 is 4.42 Å². The van der Waals surface area contributed by atoms with Crippen molar-refractivity contribution in [2.24, 2.45) is 11.3 Å². The minimum absolute atomic E-state index is 0.288. The largest absolute Gasteiger partial charge is 0.456 e. The number of furan rings is 1. The summed E-state index contributed by atoms with van der Waals surface area (Å²) in [6.45, 7) is 7.03. The Morgan fingerprint density at radius 2 is 1.77 bits per heavy atom. The van der Waals surface area contributed by atoms with Crippen LogP contribution in [0.2, 0.25) is 0 Å². The molecule has 112 valence electrons. The summed E-state index contributed by atoms with van der Waals surface area (Å²) in [5.41, 5.74) is 5.03. The summed E-state index contributed by atoms with van der Waals surface area (Å²) >= 11 is 0. The van der Waals surface area contributed by atoms with Gasteiger partial charge in [0.25, 0.3) is 0 Å². The van der Waals surface area contributed by atoms with Crippen LogP contribution in [0.5, 0.6) is 0 Å². The van der Waals surface area contributed by atoms with Gasteiger partial charge in [0.05, 0.1) is 0 Å². The van der Waals surface area contributed by atoms with Gasteiger partial charge in [-0.1, -0.05) is 51.1 Å². The fourth-order valence-corrected chi connectivity index (χ4v) is 4.06. The number of fused-ring (bicyclic) bond motifs is 3. The van der Waals surface area contributed by atoms with Crippen LogP contribution in [0.1, 0.15) is 39.2 Å². The standard InChI is InChI=1S/C21H22O/c1-14-10-16(13-21(2,3)12-14)15-8-9-18-17-6-4-5-7-19(17)22-20(18)11-15/h4-9,11,13-14H,10,12H2,1-3H3. The SMILES string of the molecule is CC1CC(c2ccc3c(c2)oc2ccccc23)=CC(C)(C)C1. The van der Waals surface area contributed by atoms with Crippen LogP contribution in [0.4, 0.5) is 0 Å². The molecule has 3 aromatic rings. The Morgan fingerprint density at radius 3 is 2.59 bits per heavy atom. The summed E-state index contributed by atoms with van der Waals surface area (Å²) < 4.78 is 6.04. The summed E-state index contributed by atoms with van der Waals surface area (Å²) in [6, 6.07) is 15.0. The molecule has 1 atom stereocenters.